The Kier molecular flexibility index (Phi) is 10.4. The molecule has 2 atom stereocenters. The SMILES string of the molecule is O=C(N[C@@H](Cc1c[nH]c2ccccc12)C(=O)O)C(=O)c1cn(CCCn2cc(C(=O)C(=O)N[C@@H](Cc3c[nH]c4ccccc34)C(=O)O)c3ccccc32)c2ccccc12. The molecule has 2 amide bonds. The van der Waals surface area contributed by atoms with Gasteiger partial charge in [0.2, 0.25) is 0 Å². The van der Waals surface area contributed by atoms with Crippen LogP contribution in [0.1, 0.15) is 38.3 Å². The van der Waals surface area contributed by atoms with Gasteiger partial charge in [-0.05, 0) is 41.8 Å². The largest absolute Gasteiger partial charge is 0.480 e. The summed E-state index contributed by atoms with van der Waals surface area (Å²) in [5.41, 5.74) is 4.69. The first-order valence-electron chi connectivity index (χ1n) is 19.0. The number of hydrogen-bond acceptors (Lipinski definition) is 6. The van der Waals surface area contributed by atoms with E-state index in [9.17, 15) is 39.0 Å². The van der Waals surface area contributed by atoms with E-state index in [1.54, 1.807) is 49.1 Å². The zero-order valence-corrected chi connectivity index (χ0v) is 31.5. The lowest BCUT2D eigenvalue weighted by Crippen LogP contribution is -2.45. The van der Waals surface area contributed by atoms with Crippen molar-refractivity contribution in [3.05, 3.63) is 144 Å². The van der Waals surface area contributed by atoms with Gasteiger partial charge in [0.15, 0.2) is 0 Å². The van der Waals surface area contributed by atoms with Crippen molar-refractivity contribution in [1.29, 1.82) is 0 Å². The lowest BCUT2D eigenvalue weighted by Gasteiger charge is -2.13. The summed E-state index contributed by atoms with van der Waals surface area (Å²) in [6.45, 7) is 0.802. The van der Waals surface area contributed by atoms with Gasteiger partial charge in [0.05, 0.1) is 11.1 Å². The number of H-pyrrole nitrogens is 2. The molecule has 296 valence electrons. The van der Waals surface area contributed by atoms with Crippen LogP contribution in [-0.2, 0) is 45.1 Å². The summed E-state index contributed by atoms with van der Waals surface area (Å²) in [6.07, 6.45) is 7.02. The molecular weight excluding hydrogens is 753 g/mol. The lowest BCUT2D eigenvalue weighted by molar-refractivity contribution is -0.141. The zero-order chi connectivity index (χ0) is 41.2. The second kappa shape index (κ2) is 16.0. The summed E-state index contributed by atoms with van der Waals surface area (Å²) in [5.74, 6) is -6.34. The van der Waals surface area contributed by atoms with Crippen molar-refractivity contribution in [1.82, 2.24) is 29.7 Å². The van der Waals surface area contributed by atoms with E-state index >= 15 is 0 Å². The summed E-state index contributed by atoms with van der Waals surface area (Å²) in [7, 11) is 0. The smallest absolute Gasteiger partial charge is 0.326 e. The van der Waals surface area contributed by atoms with Crippen LogP contribution >= 0.6 is 0 Å². The number of fused-ring (bicyclic) bond motifs is 4. The fourth-order valence-electron chi connectivity index (χ4n) is 7.77. The number of aryl methyl sites for hydroxylation is 2. The van der Waals surface area contributed by atoms with Gasteiger partial charge in [-0.1, -0.05) is 72.8 Å². The minimum Gasteiger partial charge on any atom is -0.480 e. The second-order valence-electron chi connectivity index (χ2n) is 14.4. The van der Waals surface area contributed by atoms with Crippen LogP contribution in [0.3, 0.4) is 0 Å². The van der Waals surface area contributed by atoms with Gasteiger partial charge >= 0.3 is 11.9 Å². The molecule has 4 aromatic carbocycles. The fraction of sp³-hybridized carbons (Fsp3) is 0.156. The Hall–Kier alpha value is -7.74. The van der Waals surface area contributed by atoms with Crippen LogP contribution in [0, 0.1) is 0 Å². The highest BCUT2D eigenvalue weighted by Crippen LogP contribution is 2.26. The van der Waals surface area contributed by atoms with Crippen LogP contribution in [0.15, 0.2) is 122 Å². The Labute approximate surface area is 335 Å². The maximum atomic E-state index is 13.6. The van der Waals surface area contributed by atoms with Crippen LogP contribution in [0.5, 0.6) is 0 Å². The first-order valence-corrected chi connectivity index (χ1v) is 19.0. The molecule has 0 unspecified atom stereocenters. The van der Waals surface area contributed by atoms with Crippen molar-refractivity contribution in [2.75, 3.05) is 0 Å². The lowest BCUT2D eigenvalue weighted by atomic mass is 10.0. The van der Waals surface area contributed by atoms with Crippen LogP contribution in [-0.4, -0.2) is 76.7 Å². The number of para-hydroxylation sites is 4. The van der Waals surface area contributed by atoms with E-state index in [0.29, 0.717) is 52.4 Å². The number of Topliss-reactive ketones (excluding diaryl/α,β-unsaturated/α-hetero) is 2. The highest BCUT2D eigenvalue weighted by molar-refractivity contribution is 6.45. The molecule has 0 saturated carbocycles. The van der Waals surface area contributed by atoms with Gasteiger partial charge in [0.1, 0.15) is 12.1 Å². The van der Waals surface area contributed by atoms with Gasteiger partial charge in [-0.15, -0.1) is 0 Å². The van der Waals surface area contributed by atoms with Gasteiger partial charge in [0, 0.05) is 94.3 Å². The predicted molar refractivity (Wildman–Crippen MR) is 220 cm³/mol. The van der Waals surface area contributed by atoms with Crippen LogP contribution in [0.25, 0.3) is 43.6 Å². The van der Waals surface area contributed by atoms with E-state index in [0.717, 1.165) is 21.8 Å². The third-order valence-corrected chi connectivity index (χ3v) is 10.7. The summed E-state index contributed by atoms with van der Waals surface area (Å²) >= 11 is 0. The number of amides is 2. The van der Waals surface area contributed by atoms with Crippen molar-refractivity contribution < 1.29 is 39.0 Å². The quantitative estimate of drug-likeness (QED) is 0.0532. The second-order valence-corrected chi connectivity index (χ2v) is 14.4. The maximum Gasteiger partial charge on any atom is 0.326 e. The molecule has 59 heavy (non-hydrogen) atoms. The Balaban J connectivity index is 0.957. The van der Waals surface area contributed by atoms with Crippen LogP contribution in [0.2, 0.25) is 0 Å². The number of hydrogen-bond donors (Lipinski definition) is 6. The Morgan fingerprint density at radius 1 is 0.525 bits per heavy atom. The van der Waals surface area contributed by atoms with E-state index in [2.05, 4.69) is 20.6 Å². The van der Waals surface area contributed by atoms with Crippen molar-refractivity contribution in [2.45, 2.75) is 44.4 Å². The minimum absolute atomic E-state index is 0.0269. The topological polar surface area (TPSA) is 208 Å². The van der Waals surface area contributed by atoms with Crippen molar-refractivity contribution >= 4 is 78.9 Å². The number of carbonyl (C=O) groups is 6. The van der Waals surface area contributed by atoms with Gasteiger partial charge in [-0.3, -0.25) is 19.2 Å². The molecule has 0 radical (unpaired) electrons. The number of nitrogens with zero attached hydrogens (tertiary/aromatic N) is 2. The van der Waals surface area contributed by atoms with Crippen molar-refractivity contribution in [3.8, 4) is 0 Å². The number of aromatic nitrogens is 4. The molecular formula is C45H38N6O8. The molecule has 0 aliphatic heterocycles. The number of carbonyl (C=O) groups excluding carboxylic acids is 4. The van der Waals surface area contributed by atoms with E-state index in [1.807, 2.05) is 81.9 Å². The van der Waals surface area contributed by atoms with Gasteiger partial charge in [-0.25, -0.2) is 9.59 Å². The van der Waals surface area contributed by atoms with Crippen LogP contribution in [0.4, 0.5) is 0 Å². The zero-order valence-electron chi connectivity index (χ0n) is 31.5. The summed E-state index contributed by atoms with van der Waals surface area (Å²) < 4.78 is 3.70. The van der Waals surface area contributed by atoms with E-state index in [4.69, 9.17) is 0 Å². The molecule has 8 aromatic rings. The van der Waals surface area contributed by atoms with E-state index < -0.39 is 47.4 Å². The van der Waals surface area contributed by atoms with E-state index in [1.165, 1.54) is 0 Å². The Bertz CT molecular complexity index is 2750. The number of aromatic amines is 2. The number of carboxylic acids is 2. The molecule has 0 saturated heterocycles. The number of ketones is 2. The molecule has 0 bridgehead atoms. The summed E-state index contributed by atoms with van der Waals surface area (Å²) in [5, 5.41) is 27.5. The average molecular weight is 791 g/mol. The third kappa shape index (κ3) is 7.58. The molecule has 8 rings (SSSR count). The molecule has 6 N–H and O–H groups in total. The van der Waals surface area contributed by atoms with Gasteiger partial charge in [0.25, 0.3) is 23.4 Å². The normalized spacial score (nSPS) is 12.5. The Morgan fingerprint density at radius 2 is 0.898 bits per heavy atom. The Morgan fingerprint density at radius 3 is 1.31 bits per heavy atom. The molecule has 14 nitrogen and oxygen atoms in total. The van der Waals surface area contributed by atoms with Crippen molar-refractivity contribution in [2.24, 2.45) is 0 Å². The van der Waals surface area contributed by atoms with E-state index in [-0.39, 0.29) is 24.0 Å². The highest BCUT2D eigenvalue weighted by atomic mass is 16.4. The first kappa shape index (κ1) is 38.1. The maximum absolute atomic E-state index is 13.6. The van der Waals surface area contributed by atoms with Gasteiger partial charge < -0.3 is 39.9 Å². The number of carboxylic acid groups (broad SMARTS) is 2. The molecule has 4 heterocycles. The minimum atomic E-state index is -1.35. The molecule has 0 aliphatic carbocycles. The highest BCUT2D eigenvalue weighted by Gasteiger charge is 2.29. The summed E-state index contributed by atoms with van der Waals surface area (Å²) in [6, 6.07) is 26.3. The van der Waals surface area contributed by atoms with Gasteiger partial charge in [-0.2, -0.15) is 0 Å². The molecule has 4 aromatic heterocycles. The number of benzene rings is 4. The monoisotopic (exact) mass is 790 g/mol. The molecule has 0 aliphatic rings. The average Bonchev–Trinajstić information content (AvgIpc) is 4.03. The number of rotatable bonds is 16. The molecule has 0 spiro atoms. The number of nitrogens with one attached hydrogen (secondary N) is 4. The summed E-state index contributed by atoms with van der Waals surface area (Å²) in [4.78, 5) is 84.5. The molecule has 14 heteroatoms. The van der Waals surface area contributed by atoms with Crippen LogP contribution < -0.4 is 10.6 Å². The standard InChI is InChI=1S/C45H38N6O8/c52-40(42(54)48-36(44(56)57)20-26-22-46-34-14-5-1-10-28(26)34)32-24-50(38-16-7-3-12-30(32)38)18-9-19-51-25-33(31-13-4-8-17-39(31)51)41(53)43(55)49-37(45(58)59)21-27-23-47-35-15-6-2-11-29(27)35/h1-8,10-17,22-25,36-37,46-47H,9,18-21H2,(H,48,54)(H,49,55)(H,56,57)(H,58,59)/t36-,37-/m0/s1. The number of aliphatic carboxylic acids is 2. The fourth-order valence-corrected chi connectivity index (χ4v) is 7.77. The first-order chi connectivity index (χ1) is 28.6. The molecule has 0 fully saturated rings. The van der Waals surface area contributed by atoms with Crippen molar-refractivity contribution in [3.63, 3.8) is 0 Å². The third-order valence-electron chi connectivity index (χ3n) is 10.7. The predicted octanol–water partition coefficient (Wildman–Crippen LogP) is 5.64.